The van der Waals surface area contributed by atoms with Crippen LogP contribution in [-0.4, -0.2) is 24.6 Å². The Kier molecular flexibility index (Phi) is 3.78. The lowest BCUT2D eigenvalue weighted by Gasteiger charge is -2.35. The van der Waals surface area contributed by atoms with E-state index >= 15 is 0 Å². The molecule has 3 heteroatoms. The summed E-state index contributed by atoms with van der Waals surface area (Å²) in [5.41, 5.74) is 1.32. The van der Waals surface area contributed by atoms with Crippen molar-refractivity contribution in [2.24, 2.45) is 0 Å². The van der Waals surface area contributed by atoms with Crippen LogP contribution in [0.1, 0.15) is 31.7 Å². The van der Waals surface area contributed by atoms with Crippen LogP contribution in [0.15, 0.2) is 18.3 Å². The number of hydrogen-bond donors (Lipinski definition) is 1. The van der Waals surface area contributed by atoms with Crippen molar-refractivity contribution in [3.05, 3.63) is 23.9 Å². The molecule has 88 valence electrons. The first kappa shape index (κ1) is 11.4. The van der Waals surface area contributed by atoms with Crippen molar-refractivity contribution in [2.45, 2.75) is 38.8 Å². The van der Waals surface area contributed by atoms with Crippen LogP contribution >= 0.6 is 0 Å². The summed E-state index contributed by atoms with van der Waals surface area (Å²) >= 11 is 0. The zero-order valence-electron chi connectivity index (χ0n) is 10.2. The number of hydrogen-bond acceptors (Lipinski definition) is 3. The summed E-state index contributed by atoms with van der Waals surface area (Å²) < 4.78 is 0. The fraction of sp³-hybridized carbons (Fsp3) is 0.615. The Morgan fingerprint density at radius 3 is 2.94 bits per heavy atom. The predicted octanol–water partition coefficient (Wildman–Crippen LogP) is 2.18. The molecule has 1 N–H and O–H groups in total. The molecule has 0 radical (unpaired) electrons. The van der Waals surface area contributed by atoms with Crippen LogP contribution in [0.5, 0.6) is 0 Å². The average Bonchev–Trinajstić information content (AvgIpc) is 2.24. The number of nitrogens with one attached hydrogen (secondary N) is 1. The molecule has 1 fully saturated rings. The molecule has 0 unspecified atom stereocenters. The fourth-order valence-corrected chi connectivity index (χ4v) is 1.99. The van der Waals surface area contributed by atoms with Crippen molar-refractivity contribution in [3.8, 4) is 0 Å². The normalized spacial score (nSPS) is 15.9. The Bertz CT molecular complexity index is 334. The predicted molar refractivity (Wildman–Crippen MR) is 67.7 cm³/mol. The number of pyridine rings is 1. The molecule has 0 aromatic carbocycles. The Hall–Kier alpha value is -1.09. The van der Waals surface area contributed by atoms with Crippen LogP contribution < -0.4 is 10.2 Å². The van der Waals surface area contributed by atoms with E-state index in [0.717, 1.165) is 18.9 Å². The summed E-state index contributed by atoms with van der Waals surface area (Å²) in [6.07, 6.45) is 5.91. The van der Waals surface area contributed by atoms with Crippen LogP contribution in [0.4, 0.5) is 5.82 Å². The van der Waals surface area contributed by atoms with Crippen LogP contribution in [0.2, 0.25) is 0 Å². The van der Waals surface area contributed by atoms with Gasteiger partial charge < -0.3 is 10.2 Å². The molecule has 0 aliphatic heterocycles. The lowest BCUT2D eigenvalue weighted by atomic mass is 9.92. The maximum absolute atomic E-state index is 4.45. The van der Waals surface area contributed by atoms with Gasteiger partial charge in [0.15, 0.2) is 0 Å². The highest BCUT2D eigenvalue weighted by atomic mass is 15.2. The van der Waals surface area contributed by atoms with Gasteiger partial charge in [0.2, 0.25) is 0 Å². The molecular weight excluding hydrogens is 198 g/mol. The van der Waals surface area contributed by atoms with E-state index in [1.165, 1.54) is 24.8 Å². The summed E-state index contributed by atoms with van der Waals surface area (Å²) in [4.78, 5) is 6.77. The Labute approximate surface area is 97.9 Å². The topological polar surface area (TPSA) is 28.2 Å². The highest BCUT2D eigenvalue weighted by molar-refractivity contribution is 5.41. The van der Waals surface area contributed by atoms with Crippen molar-refractivity contribution < 1.29 is 0 Å². The second-order valence-corrected chi connectivity index (χ2v) is 4.50. The first-order valence-electron chi connectivity index (χ1n) is 6.19. The van der Waals surface area contributed by atoms with E-state index in [0.29, 0.717) is 6.04 Å². The Morgan fingerprint density at radius 2 is 2.31 bits per heavy atom. The Balaban J connectivity index is 2.02. The van der Waals surface area contributed by atoms with E-state index in [4.69, 9.17) is 0 Å². The van der Waals surface area contributed by atoms with Gasteiger partial charge in [-0.3, -0.25) is 0 Å². The van der Waals surface area contributed by atoms with Crippen LogP contribution in [0.25, 0.3) is 0 Å². The van der Waals surface area contributed by atoms with Crippen molar-refractivity contribution in [1.82, 2.24) is 10.3 Å². The second kappa shape index (κ2) is 5.30. The van der Waals surface area contributed by atoms with Crippen LogP contribution in [-0.2, 0) is 6.54 Å². The lowest BCUT2D eigenvalue weighted by Crippen LogP contribution is -2.37. The van der Waals surface area contributed by atoms with Crippen LogP contribution in [0, 0.1) is 0 Å². The molecule has 0 bridgehead atoms. The zero-order valence-corrected chi connectivity index (χ0v) is 10.2. The SMILES string of the molecule is CCNCc1ccnc(N(C)C2CCC2)c1. The van der Waals surface area contributed by atoms with Crippen molar-refractivity contribution in [2.75, 3.05) is 18.5 Å². The average molecular weight is 219 g/mol. The van der Waals surface area contributed by atoms with E-state index in [1.807, 2.05) is 6.20 Å². The highest BCUT2D eigenvalue weighted by Crippen LogP contribution is 2.27. The van der Waals surface area contributed by atoms with Gasteiger partial charge >= 0.3 is 0 Å². The standard InChI is InChI=1S/C13H21N3/c1-3-14-10-11-7-8-15-13(9-11)16(2)12-5-4-6-12/h7-9,12,14H,3-6,10H2,1-2H3. The van der Waals surface area contributed by atoms with Gasteiger partial charge in [0.1, 0.15) is 5.82 Å². The van der Waals surface area contributed by atoms with E-state index in [-0.39, 0.29) is 0 Å². The van der Waals surface area contributed by atoms with E-state index in [9.17, 15) is 0 Å². The molecule has 1 aliphatic rings. The minimum absolute atomic E-state index is 0.710. The fourth-order valence-electron chi connectivity index (χ4n) is 1.99. The highest BCUT2D eigenvalue weighted by Gasteiger charge is 2.22. The molecule has 1 aromatic heterocycles. The molecule has 1 heterocycles. The summed E-state index contributed by atoms with van der Waals surface area (Å²) in [6.45, 7) is 4.07. The number of nitrogens with zero attached hydrogens (tertiary/aromatic N) is 2. The second-order valence-electron chi connectivity index (χ2n) is 4.50. The van der Waals surface area contributed by atoms with Gasteiger partial charge in [0.25, 0.3) is 0 Å². The van der Waals surface area contributed by atoms with E-state index < -0.39 is 0 Å². The molecule has 2 rings (SSSR count). The van der Waals surface area contributed by atoms with Crippen molar-refractivity contribution in [3.63, 3.8) is 0 Å². The summed E-state index contributed by atoms with van der Waals surface area (Å²) in [5, 5.41) is 3.34. The van der Waals surface area contributed by atoms with Gasteiger partial charge in [-0.1, -0.05) is 6.92 Å². The molecule has 1 aliphatic carbocycles. The third-order valence-electron chi connectivity index (χ3n) is 3.37. The molecule has 0 saturated heterocycles. The smallest absolute Gasteiger partial charge is 0.128 e. The van der Waals surface area contributed by atoms with Gasteiger partial charge in [-0.25, -0.2) is 4.98 Å². The lowest BCUT2D eigenvalue weighted by molar-refractivity contribution is 0.399. The summed E-state index contributed by atoms with van der Waals surface area (Å²) in [7, 11) is 2.16. The molecule has 1 aromatic rings. The molecule has 0 amide bonds. The maximum Gasteiger partial charge on any atom is 0.128 e. The molecule has 1 saturated carbocycles. The summed E-state index contributed by atoms with van der Waals surface area (Å²) in [6, 6.07) is 4.99. The minimum atomic E-state index is 0.710. The van der Waals surface area contributed by atoms with Gasteiger partial charge in [0.05, 0.1) is 0 Å². The zero-order chi connectivity index (χ0) is 11.4. The minimum Gasteiger partial charge on any atom is -0.357 e. The molecule has 0 atom stereocenters. The van der Waals surface area contributed by atoms with E-state index in [2.05, 4.69) is 41.3 Å². The molecule has 0 spiro atoms. The summed E-state index contributed by atoms with van der Waals surface area (Å²) in [5.74, 6) is 1.11. The van der Waals surface area contributed by atoms with Crippen LogP contribution in [0.3, 0.4) is 0 Å². The number of anilines is 1. The monoisotopic (exact) mass is 219 g/mol. The molecular formula is C13H21N3. The van der Waals surface area contributed by atoms with Gasteiger partial charge in [-0.2, -0.15) is 0 Å². The molecule has 16 heavy (non-hydrogen) atoms. The first-order chi connectivity index (χ1) is 7.81. The first-order valence-corrected chi connectivity index (χ1v) is 6.19. The maximum atomic E-state index is 4.45. The van der Waals surface area contributed by atoms with Gasteiger partial charge in [0, 0.05) is 25.8 Å². The quantitative estimate of drug-likeness (QED) is 0.822. The Morgan fingerprint density at radius 1 is 1.50 bits per heavy atom. The van der Waals surface area contributed by atoms with Gasteiger partial charge in [-0.05, 0) is 43.5 Å². The number of rotatable bonds is 5. The largest absolute Gasteiger partial charge is 0.357 e. The van der Waals surface area contributed by atoms with Crippen molar-refractivity contribution in [1.29, 1.82) is 0 Å². The van der Waals surface area contributed by atoms with Crippen molar-refractivity contribution >= 4 is 5.82 Å². The van der Waals surface area contributed by atoms with E-state index in [1.54, 1.807) is 0 Å². The third kappa shape index (κ3) is 2.53. The number of aromatic nitrogens is 1. The van der Waals surface area contributed by atoms with Gasteiger partial charge in [-0.15, -0.1) is 0 Å². The third-order valence-corrected chi connectivity index (χ3v) is 3.37. The molecule has 3 nitrogen and oxygen atoms in total.